The maximum Gasteiger partial charge on any atom is 0.407 e. The molecule has 4 N–H and O–H groups in total. The predicted octanol–water partition coefficient (Wildman–Crippen LogP) is 6.57. The molecule has 0 saturated carbocycles. The van der Waals surface area contributed by atoms with Gasteiger partial charge in [-0.05, 0) is 67.9 Å². The van der Waals surface area contributed by atoms with Crippen molar-refractivity contribution < 1.29 is 33.4 Å². The first-order chi connectivity index (χ1) is 28.9. The minimum atomic E-state index is -0.704. The molecule has 0 aliphatic carbocycles. The van der Waals surface area contributed by atoms with Crippen molar-refractivity contribution in [2.24, 2.45) is 11.8 Å². The Bertz CT molecular complexity index is 2410. The van der Waals surface area contributed by atoms with Crippen LogP contribution in [0.15, 0.2) is 54.9 Å². The zero-order valence-electron chi connectivity index (χ0n) is 34.9. The van der Waals surface area contributed by atoms with Crippen LogP contribution in [-0.2, 0) is 25.6 Å². The summed E-state index contributed by atoms with van der Waals surface area (Å²) in [6.07, 6.45) is 5.57. The fourth-order valence-corrected chi connectivity index (χ4v) is 8.86. The van der Waals surface area contributed by atoms with E-state index in [4.69, 9.17) is 24.2 Å². The molecule has 8 rings (SSSR count). The minimum Gasteiger partial charge on any atom is -0.491 e. The van der Waals surface area contributed by atoms with Crippen molar-refractivity contribution in [3.8, 4) is 39.5 Å². The van der Waals surface area contributed by atoms with Gasteiger partial charge < -0.3 is 49.2 Å². The molecule has 1 unspecified atom stereocenters. The highest BCUT2D eigenvalue weighted by molar-refractivity contribution is 5.92. The molecule has 60 heavy (non-hydrogen) atoms. The number of imidazole rings is 2. The first-order valence-corrected chi connectivity index (χ1v) is 20.8. The Kier molecular flexibility index (Phi) is 11.3. The van der Waals surface area contributed by atoms with Gasteiger partial charge in [0, 0.05) is 40.7 Å². The minimum absolute atomic E-state index is 0.115. The van der Waals surface area contributed by atoms with E-state index in [1.165, 1.54) is 14.2 Å². The number of hydrogen-bond donors (Lipinski definition) is 4. The molecule has 316 valence electrons. The second-order valence-corrected chi connectivity index (χ2v) is 16.5. The largest absolute Gasteiger partial charge is 0.491 e. The van der Waals surface area contributed by atoms with E-state index in [1.807, 2.05) is 49.8 Å². The third kappa shape index (κ3) is 7.66. The third-order valence-corrected chi connectivity index (χ3v) is 12.0. The Morgan fingerprint density at radius 3 is 1.80 bits per heavy atom. The van der Waals surface area contributed by atoms with Crippen molar-refractivity contribution in [2.75, 3.05) is 33.9 Å². The molecule has 3 aromatic heterocycles. The lowest BCUT2D eigenvalue weighted by Gasteiger charge is -2.30. The Labute approximate surface area is 348 Å². The van der Waals surface area contributed by atoms with E-state index in [1.54, 1.807) is 6.20 Å². The van der Waals surface area contributed by atoms with Gasteiger partial charge in [0.2, 0.25) is 11.8 Å². The molecule has 3 aliphatic heterocycles. The number of aromatic nitrogens is 5. The van der Waals surface area contributed by atoms with Crippen LogP contribution < -0.4 is 15.4 Å². The number of hydrogen-bond acceptors (Lipinski definition) is 9. The third-order valence-electron chi connectivity index (χ3n) is 12.0. The van der Waals surface area contributed by atoms with Gasteiger partial charge in [-0.3, -0.25) is 9.59 Å². The molecular weight excluding hydrogens is 767 g/mol. The molecule has 3 aliphatic rings. The number of methoxy groups -OCH3 is 2. The number of benzene rings is 2. The highest BCUT2D eigenvalue weighted by atomic mass is 16.5. The molecule has 4 amide bonds. The van der Waals surface area contributed by atoms with Gasteiger partial charge >= 0.3 is 12.2 Å². The summed E-state index contributed by atoms with van der Waals surface area (Å²) < 4.78 is 18.2. The van der Waals surface area contributed by atoms with E-state index < -0.39 is 24.3 Å². The van der Waals surface area contributed by atoms with E-state index in [0.29, 0.717) is 32.1 Å². The van der Waals surface area contributed by atoms with E-state index in [2.05, 4.69) is 61.6 Å². The average molecular weight is 820 g/mol. The average Bonchev–Trinajstić information content (AvgIpc) is 4.10. The molecule has 2 fully saturated rings. The summed E-state index contributed by atoms with van der Waals surface area (Å²) in [5, 5.41) is 6.50. The summed E-state index contributed by atoms with van der Waals surface area (Å²) in [4.78, 5) is 71.5. The Balaban J connectivity index is 1.01. The van der Waals surface area contributed by atoms with Crippen LogP contribution in [0.25, 0.3) is 44.7 Å². The number of carbonyl (C=O) groups excluding carboxylic acids is 4. The number of rotatable bonds is 10. The van der Waals surface area contributed by atoms with Crippen LogP contribution >= 0.6 is 0 Å². The maximum absolute atomic E-state index is 13.7. The number of aromatic amines is 2. The highest BCUT2D eigenvalue weighted by Gasteiger charge is 2.39. The number of amides is 4. The van der Waals surface area contributed by atoms with Crippen LogP contribution in [0, 0.1) is 11.8 Å². The van der Waals surface area contributed by atoms with E-state index in [9.17, 15) is 19.2 Å². The van der Waals surface area contributed by atoms with Crippen LogP contribution in [0.2, 0.25) is 0 Å². The molecule has 6 heterocycles. The van der Waals surface area contributed by atoms with Gasteiger partial charge in [-0.25, -0.2) is 19.6 Å². The van der Waals surface area contributed by atoms with E-state index in [0.717, 1.165) is 81.9 Å². The van der Waals surface area contributed by atoms with E-state index in [-0.39, 0.29) is 35.7 Å². The molecule has 4 atom stereocenters. The summed E-state index contributed by atoms with van der Waals surface area (Å²) in [5.41, 5.74) is 6.70. The number of carbonyl (C=O) groups is 4. The quantitative estimate of drug-likeness (QED) is 0.121. The first-order valence-electron chi connectivity index (χ1n) is 20.8. The molecule has 16 nitrogen and oxygen atoms in total. The van der Waals surface area contributed by atoms with Gasteiger partial charge in [0.05, 0.1) is 62.3 Å². The van der Waals surface area contributed by atoms with Gasteiger partial charge in [-0.2, -0.15) is 0 Å². The van der Waals surface area contributed by atoms with Gasteiger partial charge in [-0.15, -0.1) is 0 Å². The lowest BCUT2D eigenvalue weighted by Crippen LogP contribution is -2.51. The van der Waals surface area contributed by atoms with Crippen LogP contribution in [-0.4, -0.2) is 104 Å². The van der Waals surface area contributed by atoms with Crippen molar-refractivity contribution in [3.05, 3.63) is 66.5 Å². The van der Waals surface area contributed by atoms with Gasteiger partial charge in [0.1, 0.15) is 36.1 Å². The summed E-state index contributed by atoms with van der Waals surface area (Å²) in [7, 11) is 2.58. The number of fused-ring (bicyclic) bond motifs is 5. The lowest BCUT2D eigenvalue weighted by molar-refractivity contribution is -0.136. The molecule has 2 saturated heterocycles. The zero-order valence-corrected chi connectivity index (χ0v) is 34.9. The number of nitrogens with zero attached hydrogens (tertiary/aromatic N) is 5. The zero-order chi connectivity index (χ0) is 42.2. The monoisotopic (exact) mass is 819 g/mol. The molecule has 5 aromatic rings. The number of nitrogens with one attached hydrogen (secondary N) is 4. The number of H-pyrrole nitrogens is 2. The van der Waals surface area contributed by atoms with Gasteiger partial charge in [0.15, 0.2) is 0 Å². The fourth-order valence-electron chi connectivity index (χ4n) is 8.86. The molecule has 0 radical (unpaired) electrons. The van der Waals surface area contributed by atoms with E-state index >= 15 is 0 Å². The van der Waals surface area contributed by atoms with Crippen LogP contribution in [0.5, 0.6) is 5.75 Å². The number of likely N-dealkylation sites (tertiary alicyclic amines) is 2. The van der Waals surface area contributed by atoms with Gasteiger partial charge in [0.25, 0.3) is 0 Å². The van der Waals surface area contributed by atoms with Crippen LogP contribution in [0.3, 0.4) is 0 Å². The maximum atomic E-state index is 13.7. The summed E-state index contributed by atoms with van der Waals surface area (Å²) in [6.45, 7) is 9.94. The van der Waals surface area contributed by atoms with Crippen molar-refractivity contribution >= 4 is 34.9 Å². The Morgan fingerprint density at radius 1 is 0.733 bits per heavy atom. The molecular formula is C44H53N9O7. The predicted molar refractivity (Wildman–Crippen MR) is 224 cm³/mol. The standard InChI is InChI=1S/C44H53N9O7/c1-24(2)37(49-43(56)58-5)41(54)52-15-7-9-33(52)39-45-22-30(47-39)26-12-14-32-28(19-26)20-35-29-13-11-27(21-36(29)60-18-17-51(32)35)31-23-46-40(48-31)34-10-8-16-53(34)42(55)38(25(3)4)50-44(57)59-6/h11-14,19-25,33-34,37-38H,7-10,15-18H2,1-6H3,(H,45,47)(H,46,48)(H,49,56)(H,50,57)/t33?,34-,37-,38-/m0/s1. The normalized spacial score (nSPS) is 18.5. The van der Waals surface area contributed by atoms with Crippen molar-refractivity contribution in [1.29, 1.82) is 0 Å². The summed E-state index contributed by atoms with van der Waals surface area (Å²) in [6, 6.07) is 12.9. The number of alkyl carbamates (subject to hydrolysis) is 2. The van der Waals surface area contributed by atoms with Crippen LogP contribution in [0.4, 0.5) is 9.59 Å². The van der Waals surface area contributed by atoms with Crippen molar-refractivity contribution in [3.63, 3.8) is 0 Å². The van der Waals surface area contributed by atoms with Crippen molar-refractivity contribution in [2.45, 2.75) is 84.1 Å². The second-order valence-electron chi connectivity index (χ2n) is 16.5. The number of ether oxygens (including phenoxy) is 3. The van der Waals surface area contributed by atoms with Crippen LogP contribution in [0.1, 0.15) is 77.1 Å². The Hall–Kier alpha value is -6.32. The summed E-state index contributed by atoms with van der Waals surface area (Å²) >= 11 is 0. The molecule has 2 aromatic carbocycles. The van der Waals surface area contributed by atoms with Gasteiger partial charge in [-0.1, -0.05) is 39.8 Å². The Morgan fingerprint density at radius 2 is 1.27 bits per heavy atom. The first kappa shape index (κ1) is 40.5. The fraction of sp³-hybridized carbons (Fsp3) is 0.455. The summed E-state index contributed by atoms with van der Waals surface area (Å²) in [5.74, 6) is 1.67. The van der Waals surface area contributed by atoms with Crippen molar-refractivity contribution in [1.82, 2.24) is 44.9 Å². The highest BCUT2D eigenvalue weighted by Crippen LogP contribution is 2.41. The SMILES string of the molecule is COC(=O)N[C@H](C(=O)N1CCCC1c1ncc(-c2ccc3c(c2)cc2n3CCOc3cc(-c4cnc([C@@H]5CCCN5C(=O)[C@@H](NC(=O)OC)C(C)C)[nH]4)ccc3-2)[nH]1)C(C)C. The smallest absolute Gasteiger partial charge is 0.407 e. The second kappa shape index (κ2) is 16.7. The molecule has 16 heteroatoms. The lowest BCUT2D eigenvalue weighted by atomic mass is 10.0. The molecule has 0 bridgehead atoms. The topological polar surface area (TPSA) is 189 Å². The molecule has 0 spiro atoms.